The van der Waals surface area contributed by atoms with Crippen molar-refractivity contribution in [3.63, 3.8) is 0 Å². The number of hydrogen-bond acceptors (Lipinski definition) is 6. The van der Waals surface area contributed by atoms with Crippen molar-refractivity contribution in [2.24, 2.45) is 5.92 Å². The Morgan fingerprint density at radius 3 is 2.19 bits per heavy atom. The molecule has 0 radical (unpaired) electrons. The van der Waals surface area contributed by atoms with Crippen LogP contribution in [0.15, 0.2) is 24.3 Å². The Hall–Kier alpha value is -2.29. The number of Topliss-reactive ketones (excluding diaryl/α,β-unsaturated/α-hetero) is 1. The minimum Gasteiger partial charge on any atom is -0.481 e. The van der Waals surface area contributed by atoms with Crippen molar-refractivity contribution >= 4 is 23.3 Å². The number of piperazine rings is 1. The number of anilines is 1. The zero-order chi connectivity index (χ0) is 19.8. The number of carboxylic acids is 1. The average molecular weight is 377 g/mol. The van der Waals surface area contributed by atoms with Gasteiger partial charge in [-0.15, -0.1) is 0 Å². The number of rotatable bonds is 9. The van der Waals surface area contributed by atoms with E-state index >= 15 is 0 Å². The number of carboxylic acid groups (broad SMARTS) is 1. The van der Waals surface area contributed by atoms with Crippen LogP contribution >= 0.6 is 0 Å². The van der Waals surface area contributed by atoms with Gasteiger partial charge in [-0.2, -0.15) is 0 Å². The highest BCUT2D eigenvalue weighted by Crippen LogP contribution is 2.14. The molecule has 0 unspecified atom stereocenters. The largest absolute Gasteiger partial charge is 0.481 e. The third kappa shape index (κ3) is 6.74. The molecule has 148 valence electrons. The molecule has 0 spiro atoms. The highest BCUT2D eigenvalue weighted by Gasteiger charge is 2.26. The van der Waals surface area contributed by atoms with Gasteiger partial charge in [0, 0.05) is 56.9 Å². The van der Waals surface area contributed by atoms with Crippen LogP contribution in [-0.4, -0.2) is 83.5 Å². The van der Waals surface area contributed by atoms with Gasteiger partial charge in [-0.05, 0) is 31.2 Å². The maximum Gasteiger partial charge on any atom is 0.308 e. The van der Waals surface area contributed by atoms with Gasteiger partial charge < -0.3 is 15.5 Å². The summed E-state index contributed by atoms with van der Waals surface area (Å²) in [6, 6.07) is 6.51. The number of hydrogen-bond donors (Lipinski definition) is 3. The summed E-state index contributed by atoms with van der Waals surface area (Å²) in [6.45, 7) is 5.53. The fourth-order valence-corrected chi connectivity index (χ4v) is 3.10. The highest BCUT2D eigenvalue weighted by atomic mass is 16.4. The SMILES string of the molecule is CC(=O)c1ccc(NC(=O)C[C@H](CN2CCN(CCO)CC2)C(=O)O)cc1. The van der Waals surface area contributed by atoms with E-state index in [1.165, 1.54) is 6.92 Å². The number of ketones is 1. The number of benzene rings is 1. The van der Waals surface area contributed by atoms with Gasteiger partial charge in [-0.25, -0.2) is 0 Å². The van der Waals surface area contributed by atoms with Crippen LogP contribution in [0.4, 0.5) is 5.69 Å². The number of nitrogens with one attached hydrogen (secondary N) is 1. The molecule has 1 aliphatic rings. The Morgan fingerprint density at radius 2 is 1.67 bits per heavy atom. The van der Waals surface area contributed by atoms with Gasteiger partial charge in [0.2, 0.25) is 5.91 Å². The molecule has 1 heterocycles. The number of amides is 1. The molecule has 1 amide bonds. The predicted molar refractivity (Wildman–Crippen MR) is 101 cm³/mol. The van der Waals surface area contributed by atoms with Gasteiger partial charge in [0.25, 0.3) is 0 Å². The third-order valence-electron chi connectivity index (χ3n) is 4.72. The van der Waals surface area contributed by atoms with Crippen LogP contribution in [-0.2, 0) is 9.59 Å². The number of aliphatic hydroxyl groups is 1. The fraction of sp³-hybridized carbons (Fsp3) is 0.526. The Balaban J connectivity index is 1.85. The summed E-state index contributed by atoms with van der Waals surface area (Å²) in [5, 5.41) is 21.1. The standard InChI is InChI=1S/C19H27N3O5/c1-14(24)15-2-4-17(5-3-15)20-18(25)12-16(19(26)27)13-22-8-6-21(7-9-22)10-11-23/h2-5,16,23H,6-13H2,1H3,(H,20,25)(H,26,27)/t16-/m1/s1. The average Bonchev–Trinajstić information content (AvgIpc) is 2.63. The molecule has 0 aromatic heterocycles. The number of aliphatic carboxylic acids is 1. The molecule has 1 aromatic carbocycles. The number of carbonyl (C=O) groups excluding carboxylic acids is 2. The number of aliphatic hydroxyl groups excluding tert-OH is 1. The molecule has 1 aromatic rings. The maximum atomic E-state index is 12.2. The van der Waals surface area contributed by atoms with Crippen LogP contribution in [0.25, 0.3) is 0 Å². The first kappa shape index (κ1) is 21.0. The van der Waals surface area contributed by atoms with Gasteiger partial charge in [-0.1, -0.05) is 0 Å². The first-order chi connectivity index (χ1) is 12.9. The second-order valence-corrected chi connectivity index (χ2v) is 6.79. The molecule has 8 heteroatoms. The van der Waals surface area contributed by atoms with Gasteiger partial charge >= 0.3 is 5.97 Å². The molecule has 3 N–H and O–H groups in total. The van der Waals surface area contributed by atoms with Crippen molar-refractivity contribution < 1.29 is 24.6 Å². The summed E-state index contributed by atoms with van der Waals surface area (Å²) in [4.78, 5) is 39.2. The molecule has 1 saturated heterocycles. The van der Waals surface area contributed by atoms with E-state index in [9.17, 15) is 19.5 Å². The molecule has 0 saturated carbocycles. The van der Waals surface area contributed by atoms with Crippen molar-refractivity contribution in [2.45, 2.75) is 13.3 Å². The van der Waals surface area contributed by atoms with Crippen LogP contribution in [0.2, 0.25) is 0 Å². The number of carbonyl (C=O) groups is 3. The van der Waals surface area contributed by atoms with Crippen LogP contribution in [0.1, 0.15) is 23.7 Å². The first-order valence-electron chi connectivity index (χ1n) is 9.08. The molecule has 1 aliphatic heterocycles. The fourth-order valence-electron chi connectivity index (χ4n) is 3.10. The summed E-state index contributed by atoms with van der Waals surface area (Å²) >= 11 is 0. The van der Waals surface area contributed by atoms with E-state index in [2.05, 4.69) is 10.2 Å². The molecule has 1 atom stereocenters. The van der Waals surface area contributed by atoms with E-state index in [0.29, 0.717) is 24.3 Å². The smallest absolute Gasteiger partial charge is 0.308 e. The minimum absolute atomic E-state index is 0.0575. The molecular formula is C19H27N3O5. The lowest BCUT2D eigenvalue weighted by molar-refractivity contribution is -0.144. The van der Waals surface area contributed by atoms with Crippen LogP contribution < -0.4 is 5.32 Å². The summed E-state index contributed by atoms with van der Waals surface area (Å²) in [5.74, 6) is -2.20. The van der Waals surface area contributed by atoms with Gasteiger partial charge in [0.1, 0.15) is 0 Å². The Labute approximate surface area is 158 Å². The summed E-state index contributed by atoms with van der Waals surface area (Å²) in [5.41, 5.74) is 1.09. The molecule has 2 rings (SSSR count). The zero-order valence-electron chi connectivity index (χ0n) is 15.6. The normalized spacial score (nSPS) is 16.7. The van der Waals surface area contributed by atoms with Crippen molar-refractivity contribution in [1.29, 1.82) is 0 Å². The molecule has 0 bridgehead atoms. The lowest BCUT2D eigenvalue weighted by Gasteiger charge is -2.35. The highest BCUT2D eigenvalue weighted by molar-refractivity contribution is 5.96. The Morgan fingerprint density at radius 1 is 1.07 bits per heavy atom. The third-order valence-corrected chi connectivity index (χ3v) is 4.72. The van der Waals surface area contributed by atoms with Crippen LogP contribution in [0.5, 0.6) is 0 Å². The van der Waals surface area contributed by atoms with Gasteiger partial charge in [-0.3, -0.25) is 24.2 Å². The second-order valence-electron chi connectivity index (χ2n) is 6.79. The quantitative estimate of drug-likeness (QED) is 0.538. The molecular weight excluding hydrogens is 350 g/mol. The molecule has 8 nitrogen and oxygen atoms in total. The van der Waals surface area contributed by atoms with Gasteiger partial charge in [0.05, 0.1) is 12.5 Å². The topological polar surface area (TPSA) is 110 Å². The van der Waals surface area contributed by atoms with E-state index in [1.807, 2.05) is 4.90 Å². The van der Waals surface area contributed by atoms with Crippen molar-refractivity contribution in [1.82, 2.24) is 9.80 Å². The summed E-state index contributed by atoms with van der Waals surface area (Å²) in [7, 11) is 0. The molecule has 0 aliphatic carbocycles. The van der Waals surface area contributed by atoms with Crippen molar-refractivity contribution in [3.8, 4) is 0 Å². The second kappa shape index (κ2) is 10.1. The van der Waals surface area contributed by atoms with Crippen molar-refractivity contribution in [3.05, 3.63) is 29.8 Å². The summed E-state index contributed by atoms with van der Waals surface area (Å²) in [6.07, 6.45) is -0.110. The minimum atomic E-state index is -0.991. The Kier molecular flexibility index (Phi) is 7.90. The molecule has 1 fully saturated rings. The molecule has 27 heavy (non-hydrogen) atoms. The van der Waals surface area contributed by atoms with E-state index in [-0.39, 0.29) is 24.7 Å². The van der Waals surface area contributed by atoms with E-state index < -0.39 is 11.9 Å². The summed E-state index contributed by atoms with van der Waals surface area (Å²) < 4.78 is 0. The lowest BCUT2D eigenvalue weighted by atomic mass is 10.0. The van der Waals surface area contributed by atoms with E-state index in [1.54, 1.807) is 24.3 Å². The number of nitrogens with zero attached hydrogens (tertiary/aromatic N) is 2. The lowest BCUT2D eigenvalue weighted by Crippen LogP contribution is -2.49. The van der Waals surface area contributed by atoms with E-state index in [0.717, 1.165) is 26.2 Å². The number of β-amino-alcohol motifs (C(OH)–C–C–N with tert-alkyl or cyclic N) is 1. The van der Waals surface area contributed by atoms with Crippen molar-refractivity contribution in [2.75, 3.05) is 51.2 Å². The van der Waals surface area contributed by atoms with Crippen LogP contribution in [0.3, 0.4) is 0 Å². The monoisotopic (exact) mass is 377 g/mol. The Bertz CT molecular complexity index is 654. The maximum absolute atomic E-state index is 12.2. The predicted octanol–water partition coefficient (Wildman–Crippen LogP) is 0.529. The first-order valence-corrected chi connectivity index (χ1v) is 9.08. The van der Waals surface area contributed by atoms with Crippen LogP contribution in [0, 0.1) is 5.92 Å². The van der Waals surface area contributed by atoms with E-state index in [4.69, 9.17) is 5.11 Å². The zero-order valence-corrected chi connectivity index (χ0v) is 15.6. The van der Waals surface area contributed by atoms with Gasteiger partial charge in [0.15, 0.2) is 5.78 Å².